The van der Waals surface area contributed by atoms with Crippen LogP contribution in [0.25, 0.3) is 0 Å². The Balaban J connectivity index is 7.12. The van der Waals surface area contributed by atoms with Crippen LogP contribution in [0.1, 0.15) is 71.1 Å². The van der Waals surface area contributed by atoms with E-state index in [1.165, 1.54) is 0 Å². The lowest BCUT2D eigenvalue weighted by molar-refractivity contribution is 0.149. The van der Waals surface area contributed by atoms with E-state index < -0.39 is 119 Å². The van der Waals surface area contributed by atoms with Crippen molar-refractivity contribution in [1.29, 1.82) is 0 Å². The Morgan fingerprint density at radius 2 is 0.509 bits per heavy atom. The second kappa shape index (κ2) is 22.3. The van der Waals surface area contributed by atoms with E-state index in [-0.39, 0.29) is 13.0 Å². The zero-order valence-electron chi connectivity index (χ0n) is 29.3. The van der Waals surface area contributed by atoms with Crippen molar-refractivity contribution in [2.45, 2.75) is 93.2 Å². The van der Waals surface area contributed by atoms with E-state index in [9.17, 15) is 115 Å². The third kappa shape index (κ3) is 20.5. The van der Waals surface area contributed by atoms with Crippen LogP contribution in [-0.4, -0.2) is 148 Å². The minimum absolute atomic E-state index is 0.0808. The van der Waals surface area contributed by atoms with Crippen LogP contribution in [0.15, 0.2) is 0 Å². The van der Waals surface area contributed by atoms with Gasteiger partial charge in [-0.05, 0) is 13.0 Å². The van der Waals surface area contributed by atoms with E-state index in [1.54, 1.807) is 0 Å². The summed E-state index contributed by atoms with van der Waals surface area (Å²) in [7, 11) is -50.3. The molecule has 0 unspecified atom stereocenters. The van der Waals surface area contributed by atoms with Gasteiger partial charge in [-0.25, -0.2) is 0 Å². The Labute approximate surface area is 315 Å². The molecule has 16 N–H and O–H groups in total. The number of rotatable bonds is 29. The molecule has 0 fully saturated rings. The highest BCUT2D eigenvalue weighted by atomic mass is 31.3. The topological polar surface area (TPSA) is 470 Å². The van der Waals surface area contributed by atoms with E-state index in [1.807, 2.05) is 6.92 Å². The van der Waals surface area contributed by atoms with Crippen LogP contribution >= 0.6 is 60.8 Å². The molecular weight excluding hydrogens is 914 g/mol. The summed E-state index contributed by atoms with van der Waals surface area (Å²) < 4.78 is 98.2. The lowest BCUT2D eigenvalue weighted by atomic mass is 10.1. The highest BCUT2D eigenvalue weighted by molar-refractivity contribution is 7.73. The van der Waals surface area contributed by atoms with Crippen molar-refractivity contribution >= 4 is 60.8 Å². The van der Waals surface area contributed by atoms with Crippen molar-refractivity contribution in [3.8, 4) is 0 Å². The summed E-state index contributed by atoms with van der Waals surface area (Å²) in [5.41, 5.74) is -14.4. The number of unbranched alkanes of at least 4 members (excludes halogenated alkanes) is 9. The smallest absolute Gasteiger partial charge is 0.323 e. The standard InChI is InChI=1S/C20H53N3O24P8/c1-2-3-4-5-6-7-8-9-10-11-12-21(13-15-22(17(48(24,25)26)49(27,28)29)18(50(30,31)32)51(33,34)35)14-16-23(19(52(36,37)38)53(39,40)41)20(54(42,43)44)55(45,46)47/h17-20H,2-16H2,1H3,(H2,24,25,26)(H2,27,28,29)(H2,30,31,32)(H2,33,34,35)(H2,36,37,38)(H2,39,40,41)(H2,42,43,44)(H2,45,46,47). The van der Waals surface area contributed by atoms with Crippen molar-refractivity contribution in [3.05, 3.63) is 0 Å². The maximum Gasteiger partial charge on any atom is 0.355 e. The van der Waals surface area contributed by atoms with Crippen molar-refractivity contribution < 1.29 is 115 Å². The highest BCUT2D eigenvalue weighted by Gasteiger charge is 2.60. The molecule has 0 saturated heterocycles. The van der Waals surface area contributed by atoms with Crippen LogP contribution in [0.5, 0.6) is 0 Å². The molecule has 0 heterocycles. The summed E-state index contributed by atoms with van der Waals surface area (Å²) >= 11 is 0. The molecule has 0 aromatic carbocycles. The first-order valence-corrected chi connectivity index (χ1v) is 29.5. The van der Waals surface area contributed by atoms with Crippen LogP contribution in [0.3, 0.4) is 0 Å². The van der Waals surface area contributed by atoms with Gasteiger partial charge in [0.2, 0.25) is 22.1 Å². The molecule has 55 heavy (non-hydrogen) atoms. The summed E-state index contributed by atoms with van der Waals surface area (Å²) in [6.07, 6.45) is 7.57. The molecule has 0 amide bonds. The zero-order valence-corrected chi connectivity index (χ0v) is 36.4. The lowest BCUT2D eigenvalue weighted by Crippen LogP contribution is -2.49. The number of hydrogen-bond donors (Lipinski definition) is 16. The lowest BCUT2D eigenvalue weighted by Gasteiger charge is -2.40. The Hall–Kier alpha value is 1.08. The van der Waals surface area contributed by atoms with Crippen molar-refractivity contribution in [2.75, 3.05) is 32.7 Å². The van der Waals surface area contributed by atoms with Crippen LogP contribution in [0, 0.1) is 0 Å². The Bertz CT molecular complexity index is 1300. The predicted molar refractivity (Wildman–Crippen MR) is 193 cm³/mol. The van der Waals surface area contributed by atoms with Gasteiger partial charge in [0.15, 0.2) is 0 Å². The second-order valence-corrected chi connectivity index (χ2v) is 27.6. The molecule has 0 aromatic rings. The molecule has 0 aliphatic heterocycles. The Kier molecular flexibility index (Phi) is 22.7. The minimum atomic E-state index is -6.28. The average Bonchev–Trinajstić information content (AvgIpc) is 2.88. The fourth-order valence-corrected chi connectivity index (χ4v) is 17.9. The normalized spacial score (nSPS) is 14.9. The molecule has 0 rings (SSSR count). The molecule has 0 spiro atoms. The van der Waals surface area contributed by atoms with Crippen molar-refractivity contribution in [3.63, 3.8) is 0 Å². The third-order valence-electron chi connectivity index (χ3n) is 7.77. The summed E-state index contributed by atoms with van der Waals surface area (Å²) in [4.78, 5) is 157. The predicted octanol–water partition coefficient (Wildman–Crippen LogP) is 0.369. The van der Waals surface area contributed by atoms with Crippen LogP contribution < -0.4 is 0 Å². The molecule has 0 aliphatic carbocycles. The monoisotopic (exact) mass is 967 g/mol. The van der Waals surface area contributed by atoms with E-state index >= 15 is 0 Å². The van der Waals surface area contributed by atoms with E-state index in [0.717, 1.165) is 43.4 Å². The molecule has 0 atom stereocenters. The first-order chi connectivity index (χ1) is 24.4. The molecule has 0 saturated carbocycles. The second-order valence-electron chi connectivity index (χ2n) is 12.6. The summed E-state index contributed by atoms with van der Waals surface area (Å²) in [5.74, 6) is 0. The molecule has 35 heteroatoms. The third-order valence-corrected chi connectivity index (χ3v) is 22.2. The molecular formula is C20H53N3O24P8. The maximum atomic E-state index is 12.3. The highest BCUT2D eigenvalue weighted by Crippen LogP contribution is 2.70. The molecule has 332 valence electrons. The average molecular weight is 967 g/mol. The van der Waals surface area contributed by atoms with Crippen LogP contribution in [-0.2, 0) is 36.5 Å². The van der Waals surface area contributed by atoms with Gasteiger partial charge in [-0.3, -0.25) is 46.3 Å². The van der Waals surface area contributed by atoms with Crippen molar-refractivity contribution in [1.82, 2.24) is 14.7 Å². The van der Waals surface area contributed by atoms with Gasteiger partial charge in [0.1, 0.15) is 0 Å². The van der Waals surface area contributed by atoms with Gasteiger partial charge in [0.25, 0.3) is 0 Å². The van der Waals surface area contributed by atoms with Gasteiger partial charge in [-0.1, -0.05) is 64.7 Å². The van der Waals surface area contributed by atoms with Gasteiger partial charge in [0, 0.05) is 26.2 Å². The SMILES string of the molecule is CCCCCCCCCCCCN(CCN(C(P(=O)(O)O)P(=O)(O)O)C(P(=O)(O)O)P(=O)(O)O)CCN(C(P(=O)(O)O)P(=O)(O)O)C(P(=O)(O)O)P(=O)(O)O. The largest absolute Gasteiger partial charge is 0.355 e. The number of nitrogens with zero attached hydrogens (tertiary/aromatic N) is 3. The van der Waals surface area contributed by atoms with Gasteiger partial charge < -0.3 is 83.2 Å². The molecule has 0 radical (unpaired) electrons. The zero-order chi connectivity index (χ0) is 43.6. The van der Waals surface area contributed by atoms with E-state index in [2.05, 4.69) is 0 Å². The molecule has 0 aromatic heterocycles. The van der Waals surface area contributed by atoms with Crippen LogP contribution in [0.4, 0.5) is 0 Å². The summed E-state index contributed by atoms with van der Waals surface area (Å²) in [6, 6.07) is 0. The number of hydrogen-bond acceptors (Lipinski definition) is 11. The Morgan fingerprint density at radius 1 is 0.309 bits per heavy atom. The van der Waals surface area contributed by atoms with Gasteiger partial charge in [-0.15, -0.1) is 0 Å². The first-order valence-electron chi connectivity index (χ1n) is 16.0. The van der Waals surface area contributed by atoms with Crippen LogP contribution in [0.2, 0.25) is 0 Å². The van der Waals surface area contributed by atoms with E-state index in [0.29, 0.717) is 19.3 Å². The van der Waals surface area contributed by atoms with Crippen molar-refractivity contribution in [2.24, 2.45) is 0 Å². The molecule has 27 nitrogen and oxygen atoms in total. The van der Waals surface area contributed by atoms with E-state index in [4.69, 9.17) is 0 Å². The fraction of sp³-hybridized carbons (Fsp3) is 1.00. The molecule has 0 bridgehead atoms. The quantitative estimate of drug-likeness (QED) is 0.0356. The summed E-state index contributed by atoms with van der Waals surface area (Å²) in [5, 5.41) is 0. The minimum Gasteiger partial charge on any atom is -0.323 e. The Morgan fingerprint density at radius 3 is 0.709 bits per heavy atom. The van der Waals surface area contributed by atoms with Gasteiger partial charge in [0.05, 0.1) is 0 Å². The molecule has 0 aliphatic rings. The van der Waals surface area contributed by atoms with Gasteiger partial charge in [-0.2, -0.15) is 0 Å². The summed E-state index contributed by atoms with van der Waals surface area (Å²) in [6.45, 7) is -3.30. The first kappa shape index (κ1) is 56.1. The fourth-order valence-electron chi connectivity index (χ4n) is 5.70. The van der Waals surface area contributed by atoms with Gasteiger partial charge >= 0.3 is 60.8 Å². The maximum absolute atomic E-state index is 12.3.